The van der Waals surface area contributed by atoms with Crippen molar-refractivity contribution in [3.63, 3.8) is 0 Å². The third kappa shape index (κ3) is 2.83. The Hall–Kier alpha value is -1.75. The van der Waals surface area contributed by atoms with Crippen LogP contribution in [0.25, 0.3) is 0 Å². The maximum atomic E-state index is 11.4. The van der Waals surface area contributed by atoms with Gasteiger partial charge in [0.05, 0.1) is 11.3 Å². The normalized spacial score (nSPS) is 25.2. The van der Waals surface area contributed by atoms with E-state index in [2.05, 4.69) is 10.2 Å². The zero-order valence-electron chi connectivity index (χ0n) is 11.5. The van der Waals surface area contributed by atoms with Crippen LogP contribution >= 0.6 is 11.6 Å². The Morgan fingerprint density at radius 2 is 2.19 bits per heavy atom. The van der Waals surface area contributed by atoms with Gasteiger partial charge in [-0.05, 0) is 37.0 Å². The lowest BCUT2D eigenvalue weighted by Crippen LogP contribution is -2.54. The standard InChI is InChI=1S/C15H17ClN2O3/c16-10-2-3-13(11(7-10)15(20)21)18-6-5-12-9(8-18)1-4-14(19)17-12/h2-3,7,9,12H,1,4-6,8H2,(H,17,19)(H,20,21). The Morgan fingerprint density at radius 3 is 2.95 bits per heavy atom. The Morgan fingerprint density at radius 1 is 1.38 bits per heavy atom. The molecule has 1 aromatic rings. The van der Waals surface area contributed by atoms with E-state index in [9.17, 15) is 14.7 Å². The van der Waals surface area contributed by atoms with E-state index >= 15 is 0 Å². The van der Waals surface area contributed by atoms with Crippen molar-refractivity contribution in [3.8, 4) is 0 Å². The van der Waals surface area contributed by atoms with Crippen LogP contribution in [0.2, 0.25) is 5.02 Å². The van der Waals surface area contributed by atoms with Crippen LogP contribution in [0.3, 0.4) is 0 Å². The van der Waals surface area contributed by atoms with Gasteiger partial charge in [-0.25, -0.2) is 4.79 Å². The molecule has 2 aliphatic rings. The van der Waals surface area contributed by atoms with Crippen LogP contribution in [0.5, 0.6) is 0 Å². The van der Waals surface area contributed by atoms with Crippen molar-refractivity contribution in [2.75, 3.05) is 18.0 Å². The summed E-state index contributed by atoms with van der Waals surface area (Å²) < 4.78 is 0. The van der Waals surface area contributed by atoms with Gasteiger partial charge in [0.15, 0.2) is 0 Å². The second-order valence-electron chi connectivity index (χ2n) is 5.67. The molecule has 2 fully saturated rings. The molecular weight excluding hydrogens is 292 g/mol. The molecular formula is C15H17ClN2O3. The van der Waals surface area contributed by atoms with E-state index in [-0.39, 0.29) is 17.5 Å². The molecule has 0 radical (unpaired) electrons. The first kappa shape index (κ1) is 14.2. The first-order valence-corrected chi connectivity index (χ1v) is 7.49. The van der Waals surface area contributed by atoms with Crippen LogP contribution in [0.1, 0.15) is 29.6 Å². The number of amides is 1. The molecule has 21 heavy (non-hydrogen) atoms. The highest BCUT2D eigenvalue weighted by molar-refractivity contribution is 6.31. The average Bonchev–Trinajstić information content (AvgIpc) is 2.46. The number of aromatic carboxylic acids is 1. The average molecular weight is 309 g/mol. The summed E-state index contributed by atoms with van der Waals surface area (Å²) in [4.78, 5) is 24.9. The highest BCUT2D eigenvalue weighted by atomic mass is 35.5. The largest absolute Gasteiger partial charge is 0.478 e. The quantitative estimate of drug-likeness (QED) is 0.878. The van der Waals surface area contributed by atoms with E-state index in [1.807, 2.05) is 0 Å². The van der Waals surface area contributed by atoms with Crippen LogP contribution in [0, 0.1) is 5.92 Å². The minimum absolute atomic E-state index is 0.127. The molecule has 1 amide bonds. The van der Waals surface area contributed by atoms with E-state index in [4.69, 9.17) is 11.6 Å². The summed E-state index contributed by atoms with van der Waals surface area (Å²) in [5.74, 6) is -0.456. The van der Waals surface area contributed by atoms with E-state index in [1.165, 1.54) is 6.07 Å². The number of anilines is 1. The smallest absolute Gasteiger partial charge is 0.337 e. The fraction of sp³-hybridized carbons (Fsp3) is 0.467. The molecule has 2 heterocycles. The molecule has 3 rings (SSSR count). The molecule has 2 atom stereocenters. The number of benzene rings is 1. The Bertz CT molecular complexity index is 590. The van der Waals surface area contributed by atoms with Gasteiger partial charge in [0, 0.05) is 30.6 Å². The van der Waals surface area contributed by atoms with Gasteiger partial charge in [-0.15, -0.1) is 0 Å². The number of carbonyl (C=O) groups excluding carboxylic acids is 1. The maximum absolute atomic E-state index is 11.4. The van der Waals surface area contributed by atoms with E-state index in [0.717, 1.165) is 25.9 Å². The summed E-state index contributed by atoms with van der Waals surface area (Å²) in [5, 5.41) is 12.8. The van der Waals surface area contributed by atoms with Crippen LogP contribution in [0.15, 0.2) is 18.2 Å². The predicted octanol–water partition coefficient (Wildman–Crippen LogP) is 2.14. The molecule has 2 unspecified atom stereocenters. The molecule has 2 aliphatic heterocycles. The number of carboxylic acids is 1. The zero-order valence-corrected chi connectivity index (χ0v) is 12.3. The lowest BCUT2D eigenvalue weighted by atomic mass is 9.85. The summed E-state index contributed by atoms with van der Waals surface area (Å²) in [7, 11) is 0. The molecule has 0 saturated carbocycles. The fourth-order valence-corrected chi connectivity index (χ4v) is 3.46. The molecule has 2 saturated heterocycles. The van der Waals surface area contributed by atoms with Gasteiger partial charge in [-0.3, -0.25) is 4.79 Å². The number of hydrogen-bond acceptors (Lipinski definition) is 3. The first-order chi connectivity index (χ1) is 10.0. The van der Waals surface area contributed by atoms with Gasteiger partial charge in [-0.2, -0.15) is 0 Å². The van der Waals surface area contributed by atoms with Crippen molar-refractivity contribution >= 4 is 29.2 Å². The number of fused-ring (bicyclic) bond motifs is 1. The van der Waals surface area contributed by atoms with Gasteiger partial charge in [0.1, 0.15) is 0 Å². The van der Waals surface area contributed by atoms with E-state index < -0.39 is 5.97 Å². The third-order valence-electron chi connectivity index (χ3n) is 4.35. The van der Waals surface area contributed by atoms with Crippen molar-refractivity contribution in [1.82, 2.24) is 5.32 Å². The number of carboxylic acid groups (broad SMARTS) is 1. The summed E-state index contributed by atoms with van der Waals surface area (Å²) in [5.41, 5.74) is 0.947. The highest BCUT2D eigenvalue weighted by Gasteiger charge is 2.34. The number of piperidine rings is 2. The minimum Gasteiger partial charge on any atom is -0.478 e. The Labute approximate surface area is 127 Å². The van der Waals surface area contributed by atoms with Crippen molar-refractivity contribution in [3.05, 3.63) is 28.8 Å². The minimum atomic E-state index is -0.966. The number of nitrogens with zero attached hydrogens (tertiary/aromatic N) is 1. The summed E-state index contributed by atoms with van der Waals surface area (Å²) in [6.07, 6.45) is 2.27. The van der Waals surface area contributed by atoms with Gasteiger partial charge in [-0.1, -0.05) is 11.6 Å². The third-order valence-corrected chi connectivity index (χ3v) is 4.59. The van der Waals surface area contributed by atoms with Crippen molar-refractivity contribution < 1.29 is 14.7 Å². The molecule has 0 aromatic heterocycles. The fourth-order valence-electron chi connectivity index (χ4n) is 3.28. The Balaban J connectivity index is 1.82. The van der Waals surface area contributed by atoms with Crippen LogP contribution in [0.4, 0.5) is 5.69 Å². The summed E-state index contributed by atoms with van der Waals surface area (Å²) in [6.45, 7) is 1.51. The number of hydrogen-bond donors (Lipinski definition) is 2. The highest BCUT2D eigenvalue weighted by Crippen LogP contribution is 2.31. The van der Waals surface area contributed by atoms with Crippen molar-refractivity contribution in [2.24, 2.45) is 5.92 Å². The molecule has 6 heteroatoms. The van der Waals surface area contributed by atoms with E-state index in [1.54, 1.807) is 12.1 Å². The maximum Gasteiger partial charge on any atom is 0.337 e. The van der Waals surface area contributed by atoms with Crippen molar-refractivity contribution in [1.29, 1.82) is 0 Å². The monoisotopic (exact) mass is 308 g/mol. The number of rotatable bonds is 2. The first-order valence-electron chi connectivity index (χ1n) is 7.12. The van der Waals surface area contributed by atoms with Gasteiger partial charge in [0.2, 0.25) is 5.91 Å². The molecule has 2 N–H and O–H groups in total. The van der Waals surface area contributed by atoms with Crippen molar-refractivity contribution in [2.45, 2.75) is 25.3 Å². The lowest BCUT2D eigenvalue weighted by Gasteiger charge is -2.42. The molecule has 112 valence electrons. The molecule has 1 aromatic carbocycles. The SMILES string of the molecule is O=C1CCC2CN(c3ccc(Cl)cc3C(=O)O)CCC2N1. The lowest BCUT2D eigenvalue weighted by molar-refractivity contribution is -0.124. The number of nitrogens with one attached hydrogen (secondary N) is 1. The zero-order chi connectivity index (χ0) is 15.0. The molecule has 0 bridgehead atoms. The molecule has 0 spiro atoms. The number of halogens is 1. The second-order valence-corrected chi connectivity index (χ2v) is 6.11. The Kier molecular flexibility index (Phi) is 3.76. The van der Waals surface area contributed by atoms with Crippen LogP contribution in [-0.4, -0.2) is 36.1 Å². The van der Waals surface area contributed by atoms with Crippen LogP contribution in [-0.2, 0) is 4.79 Å². The van der Waals surface area contributed by atoms with Gasteiger partial charge >= 0.3 is 5.97 Å². The van der Waals surface area contributed by atoms with Gasteiger partial charge < -0.3 is 15.3 Å². The summed E-state index contributed by atoms with van der Waals surface area (Å²) in [6, 6.07) is 5.21. The molecule has 0 aliphatic carbocycles. The second kappa shape index (κ2) is 5.56. The topological polar surface area (TPSA) is 69.6 Å². The van der Waals surface area contributed by atoms with E-state index in [0.29, 0.717) is 23.0 Å². The predicted molar refractivity (Wildman–Crippen MR) is 79.9 cm³/mol. The molecule has 5 nitrogen and oxygen atoms in total. The van der Waals surface area contributed by atoms with Crippen LogP contribution < -0.4 is 10.2 Å². The number of carbonyl (C=O) groups is 2. The summed E-state index contributed by atoms with van der Waals surface area (Å²) >= 11 is 5.90. The van der Waals surface area contributed by atoms with Gasteiger partial charge in [0.25, 0.3) is 0 Å².